The van der Waals surface area contributed by atoms with Crippen molar-refractivity contribution in [1.29, 1.82) is 0 Å². The molecule has 0 spiro atoms. The van der Waals surface area contributed by atoms with Crippen LogP contribution in [0.5, 0.6) is 0 Å². The quantitative estimate of drug-likeness (QED) is 0.765. The molecule has 3 nitrogen and oxygen atoms in total. The van der Waals surface area contributed by atoms with Gasteiger partial charge in [-0.15, -0.1) is 0 Å². The third-order valence-corrected chi connectivity index (χ3v) is 10.8. The fourth-order valence-corrected chi connectivity index (χ4v) is 8.86. The summed E-state index contributed by atoms with van der Waals surface area (Å²) in [7, 11) is -2.66. The van der Waals surface area contributed by atoms with Gasteiger partial charge < -0.3 is 9.53 Å². The predicted octanol–water partition coefficient (Wildman–Crippen LogP) is 3.32. The Hall–Kier alpha value is -2.01. The summed E-state index contributed by atoms with van der Waals surface area (Å²) in [6.45, 7) is 7.02. The number of ketones is 1. The molecule has 0 saturated heterocycles. The van der Waals surface area contributed by atoms with Crippen molar-refractivity contribution >= 4 is 24.5 Å². The zero-order valence-corrected chi connectivity index (χ0v) is 18.0. The zero-order valence-electron chi connectivity index (χ0n) is 17.0. The topological polar surface area (TPSA) is 46.5 Å². The normalized spacial score (nSPS) is 20.4. The second-order valence-electron chi connectivity index (χ2n) is 8.56. The Morgan fingerprint density at radius 2 is 1.54 bits per heavy atom. The molecule has 0 aromatic heterocycles. The van der Waals surface area contributed by atoms with Gasteiger partial charge in [-0.2, -0.15) is 0 Å². The van der Waals surface area contributed by atoms with E-state index >= 15 is 0 Å². The van der Waals surface area contributed by atoms with E-state index in [9.17, 15) is 9.90 Å². The third kappa shape index (κ3) is 3.90. The van der Waals surface area contributed by atoms with Crippen molar-refractivity contribution in [2.75, 3.05) is 13.2 Å². The summed E-state index contributed by atoms with van der Waals surface area (Å²) >= 11 is 0. The van der Waals surface area contributed by atoms with E-state index in [1.807, 2.05) is 18.2 Å². The highest BCUT2D eigenvalue weighted by Crippen LogP contribution is 2.37. The number of benzene rings is 2. The molecule has 0 aliphatic heterocycles. The highest BCUT2D eigenvalue weighted by atomic mass is 28.4. The molecule has 2 aromatic rings. The first kappa shape index (κ1) is 20.7. The number of rotatable bonds is 6. The first-order chi connectivity index (χ1) is 13.4. The lowest BCUT2D eigenvalue weighted by molar-refractivity contribution is -0.122. The van der Waals surface area contributed by atoms with Gasteiger partial charge in [0.25, 0.3) is 8.32 Å². The number of aliphatic hydroxyl groups is 1. The van der Waals surface area contributed by atoms with Crippen molar-refractivity contribution in [1.82, 2.24) is 0 Å². The minimum absolute atomic E-state index is 0.00482. The summed E-state index contributed by atoms with van der Waals surface area (Å²) < 4.78 is 6.88. The van der Waals surface area contributed by atoms with Crippen molar-refractivity contribution in [3.05, 3.63) is 72.8 Å². The Morgan fingerprint density at radius 3 is 2.00 bits per heavy atom. The molecule has 1 aliphatic carbocycles. The van der Waals surface area contributed by atoms with Crippen LogP contribution in [0.2, 0.25) is 5.04 Å². The van der Waals surface area contributed by atoms with Gasteiger partial charge in [-0.25, -0.2) is 0 Å². The number of carbonyl (C=O) groups is 1. The summed E-state index contributed by atoms with van der Waals surface area (Å²) in [5.41, 5.74) is 0. The van der Waals surface area contributed by atoms with Crippen LogP contribution in [0.3, 0.4) is 0 Å². The van der Waals surface area contributed by atoms with Crippen LogP contribution in [-0.4, -0.2) is 32.4 Å². The van der Waals surface area contributed by atoms with Gasteiger partial charge in [-0.3, -0.25) is 4.79 Å². The van der Waals surface area contributed by atoms with E-state index in [-0.39, 0.29) is 29.3 Å². The van der Waals surface area contributed by atoms with E-state index in [1.165, 1.54) is 10.4 Å². The summed E-state index contributed by atoms with van der Waals surface area (Å²) in [5, 5.41) is 12.0. The molecule has 2 aromatic carbocycles. The number of allylic oxidation sites excluding steroid dienone is 2. The van der Waals surface area contributed by atoms with E-state index in [1.54, 1.807) is 6.08 Å². The van der Waals surface area contributed by atoms with Gasteiger partial charge in [0.1, 0.15) is 0 Å². The molecule has 0 bridgehead atoms. The molecular weight excluding hydrogens is 364 g/mol. The Bertz CT molecular complexity index is 769. The van der Waals surface area contributed by atoms with Crippen LogP contribution in [0.15, 0.2) is 72.8 Å². The maximum absolute atomic E-state index is 12.5. The van der Waals surface area contributed by atoms with Crippen LogP contribution in [-0.2, 0) is 9.22 Å². The molecule has 148 valence electrons. The van der Waals surface area contributed by atoms with Crippen molar-refractivity contribution < 1.29 is 14.3 Å². The molecule has 0 amide bonds. The maximum Gasteiger partial charge on any atom is 0.261 e. The van der Waals surface area contributed by atoms with Crippen molar-refractivity contribution in [2.24, 2.45) is 11.8 Å². The van der Waals surface area contributed by atoms with Crippen LogP contribution in [0, 0.1) is 11.8 Å². The van der Waals surface area contributed by atoms with E-state index in [4.69, 9.17) is 4.43 Å². The fraction of sp³-hybridized carbons (Fsp3) is 0.375. The van der Waals surface area contributed by atoms with Crippen molar-refractivity contribution in [3.8, 4) is 0 Å². The van der Waals surface area contributed by atoms with Crippen molar-refractivity contribution in [3.63, 3.8) is 0 Å². The molecule has 0 unspecified atom stereocenters. The largest absolute Gasteiger partial charge is 0.407 e. The molecule has 4 heteroatoms. The third-order valence-electron chi connectivity index (χ3n) is 5.79. The standard InChI is InChI=1S/C24H30O3Si/c1-24(2,3)28(20-12-6-4-7-13-20,21-14-8-5-9-15-21)27-18-22-19(17-25)11-10-16-23(22)26/h4-10,12-16,19,22,25H,11,17-18H2,1-3H3/t19-,22-/m0/s1. The highest BCUT2D eigenvalue weighted by molar-refractivity contribution is 6.99. The summed E-state index contributed by atoms with van der Waals surface area (Å²) in [5.74, 6) is -0.310. The zero-order chi connectivity index (χ0) is 20.2. The SMILES string of the molecule is CC(C)(C)[Si](OC[C@@H]1C(=O)C=CC[C@H]1CO)(c1ccccc1)c1ccccc1. The lowest BCUT2D eigenvalue weighted by atomic mass is 9.83. The molecule has 0 saturated carbocycles. The van der Waals surface area contributed by atoms with Gasteiger partial charge in [0, 0.05) is 19.1 Å². The number of hydrogen-bond acceptors (Lipinski definition) is 3. The second-order valence-corrected chi connectivity index (χ2v) is 12.9. The highest BCUT2D eigenvalue weighted by Gasteiger charge is 2.50. The number of aliphatic hydroxyl groups excluding tert-OH is 1. The minimum Gasteiger partial charge on any atom is -0.407 e. The lowest BCUT2D eigenvalue weighted by Crippen LogP contribution is -2.67. The van der Waals surface area contributed by atoms with E-state index in [2.05, 4.69) is 69.3 Å². The summed E-state index contributed by atoms with van der Waals surface area (Å²) in [6.07, 6.45) is 4.23. The number of carbonyl (C=O) groups excluding carboxylic acids is 1. The monoisotopic (exact) mass is 394 g/mol. The minimum atomic E-state index is -2.66. The number of hydrogen-bond donors (Lipinski definition) is 1. The van der Waals surface area contributed by atoms with Crippen LogP contribution in [0.1, 0.15) is 27.2 Å². The maximum atomic E-state index is 12.5. The Balaban J connectivity index is 2.06. The van der Waals surface area contributed by atoms with E-state index < -0.39 is 8.32 Å². The predicted molar refractivity (Wildman–Crippen MR) is 116 cm³/mol. The molecule has 2 atom stereocenters. The molecule has 0 fully saturated rings. The van der Waals surface area contributed by atoms with Gasteiger partial charge in [0.15, 0.2) is 5.78 Å². The van der Waals surface area contributed by atoms with Gasteiger partial charge in [0.2, 0.25) is 0 Å². The van der Waals surface area contributed by atoms with Gasteiger partial charge in [0.05, 0.1) is 0 Å². The summed E-state index contributed by atoms with van der Waals surface area (Å²) in [6, 6.07) is 20.9. The van der Waals surface area contributed by atoms with Crippen LogP contribution >= 0.6 is 0 Å². The van der Waals surface area contributed by atoms with Gasteiger partial charge in [-0.1, -0.05) is 87.5 Å². The van der Waals surface area contributed by atoms with Gasteiger partial charge in [-0.05, 0) is 33.8 Å². The lowest BCUT2D eigenvalue weighted by Gasteiger charge is -2.44. The van der Waals surface area contributed by atoms with Crippen LogP contribution in [0.25, 0.3) is 0 Å². The first-order valence-electron chi connectivity index (χ1n) is 9.96. The van der Waals surface area contributed by atoms with Crippen LogP contribution in [0.4, 0.5) is 0 Å². The molecular formula is C24H30O3Si. The average Bonchev–Trinajstić information content (AvgIpc) is 2.70. The first-order valence-corrected chi connectivity index (χ1v) is 11.9. The molecule has 1 aliphatic rings. The molecule has 0 heterocycles. The van der Waals surface area contributed by atoms with Crippen molar-refractivity contribution in [2.45, 2.75) is 32.2 Å². The average molecular weight is 395 g/mol. The summed E-state index contributed by atoms with van der Waals surface area (Å²) in [4.78, 5) is 12.5. The molecule has 28 heavy (non-hydrogen) atoms. The molecule has 1 N–H and O–H groups in total. The Kier molecular flexibility index (Phi) is 6.33. The second kappa shape index (κ2) is 8.56. The molecule has 0 radical (unpaired) electrons. The van der Waals surface area contributed by atoms with Crippen LogP contribution < -0.4 is 10.4 Å². The fourth-order valence-electron chi connectivity index (χ4n) is 4.28. The molecule has 3 rings (SSSR count). The van der Waals surface area contributed by atoms with E-state index in [0.29, 0.717) is 6.61 Å². The Morgan fingerprint density at radius 1 is 1.00 bits per heavy atom. The smallest absolute Gasteiger partial charge is 0.261 e. The van der Waals surface area contributed by atoms with Gasteiger partial charge >= 0.3 is 0 Å². The van der Waals surface area contributed by atoms with E-state index in [0.717, 1.165) is 6.42 Å². The Labute approximate surface area is 169 Å².